The number of aromatic nitrogens is 3. The van der Waals surface area contributed by atoms with Crippen molar-refractivity contribution in [2.24, 2.45) is 0 Å². The average Bonchev–Trinajstić information content (AvgIpc) is 2.74. The first-order valence-electron chi connectivity index (χ1n) is 5.83. The molecule has 94 valence electrons. The molecule has 1 fully saturated rings. The van der Waals surface area contributed by atoms with E-state index in [1.165, 1.54) is 12.7 Å². The van der Waals surface area contributed by atoms with Gasteiger partial charge in [-0.05, 0) is 33.4 Å². The van der Waals surface area contributed by atoms with Gasteiger partial charge in [-0.25, -0.2) is 4.98 Å². The molecule has 1 saturated carbocycles. The number of likely N-dealkylation sites (N-methyl/N-ethyl adjacent to an activating group) is 2. The van der Waals surface area contributed by atoms with Crippen molar-refractivity contribution in [2.45, 2.75) is 24.8 Å². The Balaban J connectivity index is 2.01. The van der Waals surface area contributed by atoms with Gasteiger partial charge >= 0.3 is 0 Å². The van der Waals surface area contributed by atoms with E-state index in [4.69, 9.17) is 0 Å². The number of amides is 1. The summed E-state index contributed by atoms with van der Waals surface area (Å²) in [6.45, 7) is 0.736. The predicted octanol–water partition coefficient (Wildman–Crippen LogP) is 0.361. The van der Waals surface area contributed by atoms with Crippen LogP contribution < -0.4 is 0 Å². The molecule has 0 saturated heterocycles. The zero-order chi connectivity index (χ0) is 12.5. The Bertz CT molecular complexity index is 383. The van der Waals surface area contributed by atoms with Crippen LogP contribution in [0.5, 0.6) is 0 Å². The van der Waals surface area contributed by atoms with Gasteiger partial charge in [0.25, 0.3) is 5.91 Å². The zero-order valence-electron chi connectivity index (χ0n) is 10.6. The first-order chi connectivity index (χ1) is 8.05. The fraction of sp³-hybridized carbons (Fsp3) is 0.727. The molecule has 1 amide bonds. The van der Waals surface area contributed by atoms with Gasteiger partial charge in [-0.3, -0.25) is 9.89 Å². The maximum absolute atomic E-state index is 12.0. The van der Waals surface area contributed by atoms with Crippen molar-refractivity contribution in [1.29, 1.82) is 0 Å². The van der Waals surface area contributed by atoms with Gasteiger partial charge in [-0.1, -0.05) is 0 Å². The fourth-order valence-corrected chi connectivity index (χ4v) is 2.33. The minimum absolute atomic E-state index is 0.101. The molecule has 6 nitrogen and oxygen atoms in total. The molecule has 0 radical (unpaired) electrons. The number of carbonyl (C=O) groups excluding carboxylic acids is 1. The predicted molar refractivity (Wildman–Crippen MR) is 63.6 cm³/mol. The number of hydrogen-bond donors (Lipinski definition) is 1. The molecule has 0 aromatic carbocycles. The lowest BCUT2D eigenvalue weighted by Crippen LogP contribution is -2.57. The van der Waals surface area contributed by atoms with Crippen LogP contribution in [0.3, 0.4) is 0 Å². The Kier molecular flexibility index (Phi) is 3.15. The molecule has 1 heterocycles. The highest BCUT2D eigenvalue weighted by atomic mass is 16.2. The molecule has 1 aromatic rings. The second kappa shape index (κ2) is 4.44. The number of carbonyl (C=O) groups is 1. The quantitative estimate of drug-likeness (QED) is 0.821. The third-order valence-corrected chi connectivity index (χ3v) is 3.73. The molecule has 0 spiro atoms. The van der Waals surface area contributed by atoms with Gasteiger partial charge in [0.2, 0.25) is 5.82 Å². The highest BCUT2D eigenvalue weighted by Crippen LogP contribution is 2.36. The largest absolute Gasteiger partial charge is 0.337 e. The van der Waals surface area contributed by atoms with Crippen molar-refractivity contribution >= 4 is 5.91 Å². The van der Waals surface area contributed by atoms with Crippen molar-refractivity contribution in [2.75, 3.05) is 27.7 Å². The van der Waals surface area contributed by atoms with Crippen LogP contribution in [-0.4, -0.2) is 64.1 Å². The third-order valence-electron chi connectivity index (χ3n) is 3.73. The van der Waals surface area contributed by atoms with E-state index in [0.717, 1.165) is 19.4 Å². The summed E-state index contributed by atoms with van der Waals surface area (Å²) in [6.07, 6.45) is 4.89. The Morgan fingerprint density at radius 1 is 1.47 bits per heavy atom. The van der Waals surface area contributed by atoms with E-state index in [1.54, 1.807) is 4.90 Å². The highest BCUT2D eigenvalue weighted by Gasteiger charge is 2.40. The molecular formula is C11H19N5O. The van der Waals surface area contributed by atoms with Gasteiger partial charge in [0.1, 0.15) is 6.33 Å². The number of H-pyrrole nitrogens is 1. The van der Waals surface area contributed by atoms with Gasteiger partial charge < -0.3 is 9.80 Å². The molecule has 17 heavy (non-hydrogen) atoms. The zero-order valence-corrected chi connectivity index (χ0v) is 10.6. The first-order valence-corrected chi connectivity index (χ1v) is 5.83. The van der Waals surface area contributed by atoms with E-state index in [1.807, 2.05) is 7.05 Å². The van der Waals surface area contributed by atoms with E-state index in [9.17, 15) is 4.79 Å². The van der Waals surface area contributed by atoms with Crippen molar-refractivity contribution in [3.63, 3.8) is 0 Å². The smallest absolute Gasteiger partial charge is 0.290 e. The first kappa shape index (κ1) is 12.0. The molecule has 0 unspecified atom stereocenters. The third kappa shape index (κ3) is 2.17. The second-order valence-corrected chi connectivity index (χ2v) is 4.97. The Hall–Kier alpha value is -1.43. The molecule has 0 atom stereocenters. The summed E-state index contributed by atoms with van der Waals surface area (Å²) < 4.78 is 0. The van der Waals surface area contributed by atoms with Gasteiger partial charge in [0.15, 0.2) is 0 Å². The van der Waals surface area contributed by atoms with Gasteiger partial charge in [0, 0.05) is 19.1 Å². The normalized spacial score (nSPS) is 17.9. The second-order valence-electron chi connectivity index (χ2n) is 4.97. The lowest BCUT2D eigenvalue weighted by molar-refractivity contribution is 0.0248. The van der Waals surface area contributed by atoms with Gasteiger partial charge in [0.05, 0.1) is 0 Å². The van der Waals surface area contributed by atoms with E-state index >= 15 is 0 Å². The molecule has 6 heteroatoms. The number of nitrogens with one attached hydrogen (secondary N) is 1. The Morgan fingerprint density at radius 2 is 2.18 bits per heavy atom. The van der Waals surface area contributed by atoms with Gasteiger partial charge in [-0.15, -0.1) is 0 Å². The summed E-state index contributed by atoms with van der Waals surface area (Å²) in [5, 5.41) is 6.30. The fourth-order valence-electron chi connectivity index (χ4n) is 2.33. The van der Waals surface area contributed by atoms with Crippen LogP contribution in [-0.2, 0) is 0 Å². The number of hydrogen-bond acceptors (Lipinski definition) is 4. The molecule has 0 bridgehead atoms. The number of nitrogens with zero attached hydrogens (tertiary/aromatic N) is 4. The van der Waals surface area contributed by atoms with Crippen molar-refractivity contribution < 1.29 is 4.79 Å². The van der Waals surface area contributed by atoms with Crippen LogP contribution in [0, 0.1) is 0 Å². The summed E-state index contributed by atoms with van der Waals surface area (Å²) in [5.74, 6) is 0.205. The number of aromatic amines is 1. The van der Waals surface area contributed by atoms with Crippen LogP contribution in [0.4, 0.5) is 0 Å². The summed E-state index contributed by atoms with van der Waals surface area (Å²) >= 11 is 0. The van der Waals surface area contributed by atoms with E-state index in [-0.39, 0.29) is 11.4 Å². The summed E-state index contributed by atoms with van der Waals surface area (Å²) in [5.41, 5.74) is 0.143. The lowest BCUT2D eigenvalue weighted by Gasteiger charge is -2.49. The minimum Gasteiger partial charge on any atom is -0.337 e. The molecular weight excluding hydrogens is 218 g/mol. The summed E-state index contributed by atoms with van der Waals surface area (Å²) in [4.78, 5) is 19.8. The van der Waals surface area contributed by atoms with Crippen LogP contribution in [0.25, 0.3) is 0 Å². The minimum atomic E-state index is -0.101. The Morgan fingerprint density at radius 3 is 2.59 bits per heavy atom. The number of rotatable bonds is 4. The van der Waals surface area contributed by atoms with Crippen LogP contribution in [0.15, 0.2) is 6.33 Å². The van der Waals surface area contributed by atoms with Crippen molar-refractivity contribution in [3.8, 4) is 0 Å². The average molecular weight is 237 g/mol. The van der Waals surface area contributed by atoms with Crippen molar-refractivity contribution in [3.05, 3.63) is 12.2 Å². The van der Waals surface area contributed by atoms with Gasteiger partial charge in [-0.2, -0.15) is 5.10 Å². The molecule has 1 aliphatic carbocycles. The summed E-state index contributed by atoms with van der Waals surface area (Å²) in [6, 6.07) is 0. The van der Waals surface area contributed by atoms with Crippen LogP contribution in [0.1, 0.15) is 29.9 Å². The van der Waals surface area contributed by atoms with E-state index in [0.29, 0.717) is 5.82 Å². The molecule has 0 aliphatic heterocycles. The molecule has 1 aromatic heterocycles. The lowest BCUT2D eigenvalue weighted by atomic mass is 9.75. The van der Waals surface area contributed by atoms with E-state index in [2.05, 4.69) is 34.2 Å². The highest BCUT2D eigenvalue weighted by molar-refractivity contribution is 5.90. The standard InChI is InChI=1S/C11H19N5O/c1-15(2)11(5-4-6-11)7-16(3)10(17)9-12-8-13-14-9/h8H,4-7H2,1-3H3,(H,12,13,14). The topological polar surface area (TPSA) is 65.1 Å². The Labute approximate surface area is 101 Å². The summed E-state index contributed by atoms with van der Waals surface area (Å²) in [7, 11) is 5.96. The molecule has 1 aliphatic rings. The van der Waals surface area contributed by atoms with E-state index < -0.39 is 0 Å². The van der Waals surface area contributed by atoms with Crippen molar-refractivity contribution in [1.82, 2.24) is 25.0 Å². The molecule has 1 N–H and O–H groups in total. The maximum Gasteiger partial charge on any atom is 0.290 e. The molecule has 2 rings (SSSR count). The SMILES string of the molecule is CN(CC1(N(C)C)CCC1)C(=O)c1ncn[nH]1. The van der Waals surface area contributed by atoms with Crippen LogP contribution in [0.2, 0.25) is 0 Å². The maximum atomic E-state index is 12.0. The van der Waals surface area contributed by atoms with Crippen LogP contribution >= 0.6 is 0 Å². The monoisotopic (exact) mass is 237 g/mol.